The van der Waals surface area contributed by atoms with E-state index < -0.39 is 97.5 Å². The van der Waals surface area contributed by atoms with E-state index in [1.807, 2.05) is 0 Å². The highest BCUT2D eigenvalue weighted by Gasteiger charge is 2.30. The number of phosphoric ester groups is 2. The van der Waals surface area contributed by atoms with Crippen LogP contribution < -0.4 is 0 Å². The average molecular weight is 1450 g/mol. The van der Waals surface area contributed by atoms with Crippen LogP contribution in [-0.2, 0) is 65.4 Å². The Morgan fingerprint density at radius 2 is 0.465 bits per heavy atom. The van der Waals surface area contributed by atoms with E-state index in [0.717, 1.165) is 102 Å². The molecule has 0 aromatic rings. The molecule has 0 saturated carbocycles. The molecule has 99 heavy (non-hydrogen) atoms. The zero-order chi connectivity index (χ0) is 72.8. The number of unbranched alkanes of at least 4 members (excludes halogenated alkanes) is 49. The molecule has 0 radical (unpaired) electrons. The number of aliphatic hydroxyl groups excluding tert-OH is 1. The summed E-state index contributed by atoms with van der Waals surface area (Å²) in [4.78, 5) is 73.0. The summed E-state index contributed by atoms with van der Waals surface area (Å²) in [7, 11) is -9.92. The van der Waals surface area contributed by atoms with Crippen LogP contribution in [0.1, 0.15) is 420 Å². The highest BCUT2D eigenvalue weighted by molar-refractivity contribution is 7.47. The first kappa shape index (κ1) is 97.1. The lowest BCUT2D eigenvalue weighted by Gasteiger charge is -2.21. The summed E-state index contributed by atoms with van der Waals surface area (Å²) in [6.45, 7) is 9.63. The molecule has 2 unspecified atom stereocenters. The predicted molar refractivity (Wildman–Crippen MR) is 405 cm³/mol. The maximum absolute atomic E-state index is 13.1. The van der Waals surface area contributed by atoms with Gasteiger partial charge in [-0.3, -0.25) is 37.3 Å². The van der Waals surface area contributed by atoms with Gasteiger partial charge in [0.25, 0.3) is 0 Å². The van der Waals surface area contributed by atoms with Crippen LogP contribution >= 0.6 is 15.6 Å². The molecule has 0 fully saturated rings. The fourth-order valence-electron chi connectivity index (χ4n) is 12.4. The normalized spacial score (nSPS) is 13.9. The summed E-state index contributed by atoms with van der Waals surface area (Å²) in [5, 5.41) is 10.6. The largest absolute Gasteiger partial charge is 0.472 e. The third kappa shape index (κ3) is 74.1. The number of ether oxygens (including phenoxy) is 4. The molecule has 0 bridgehead atoms. The van der Waals surface area contributed by atoms with Gasteiger partial charge >= 0.3 is 39.5 Å². The number of carbonyl (C=O) groups excluding carboxylic acids is 4. The van der Waals surface area contributed by atoms with Crippen molar-refractivity contribution >= 4 is 39.5 Å². The Labute approximate surface area is 607 Å². The summed E-state index contributed by atoms with van der Waals surface area (Å²) in [6.07, 6.45) is 61.0. The van der Waals surface area contributed by atoms with Gasteiger partial charge in [-0.1, -0.05) is 369 Å². The molecule has 0 spiro atoms. The lowest BCUT2D eigenvalue weighted by Crippen LogP contribution is -2.30. The topological polar surface area (TPSA) is 237 Å². The minimum Gasteiger partial charge on any atom is -0.462 e. The number of hydrogen-bond donors (Lipinski definition) is 3. The first-order valence-corrected chi connectivity index (χ1v) is 44.5. The first-order valence-electron chi connectivity index (χ1n) is 41.5. The number of hydrogen-bond acceptors (Lipinski definition) is 15. The number of esters is 4. The lowest BCUT2D eigenvalue weighted by atomic mass is 10.0. The van der Waals surface area contributed by atoms with Crippen LogP contribution in [0.15, 0.2) is 0 Å². The molecule has 17 nitrogen and oxygen atoms in total. The van der Waals surface area contributed by atoms with E-state index in [0.29, 0.717) is 25.7 Å². The molecule has 0 aromatic carbocycles. The SMILES string of the molecule is CCCCCCCCCCCCCCCCCCCCCCC(=O)O[C@H](COC(=O)CCCCCCCCCCCCCCC(C)C)COP(=O)(O)OC[C@@H](O)COP(=O)(O)OC[C@@H](COC(=O)CCCCCCCCCCCC)OC(=O)CCCCCCCCCCCCCC(C)C. The van der Waals surface area contributed by atoms with Gasteiger partial charge in [0.2, 0.25) is 0 Å². The molecular weight excluding hydrogens is 1290 g/mol. The van der Waals surface area contributed by atoms with E-state index in [4.69, 9.17) is 37.0 Å². The Morgan fingerprint density at radius 1 is 0.273 bits per heavy atom. The van der Waals surface area contributed by atoms with Crippen molar-refractivity contribution in [3.63, 3.8) is 0 Å². The summed E-state index contributed by atoms with van der Waals surface area (Å²) < 4.78 is 68.7. The molecule has 0 aromatic heterocycles. The van der Waals surface area contributed by atoms with E-state index in [1.54, 1.807) is 0 Å². The Balaban J connectivity index is 5.23. The molecular formula is C80H156O17P2. The molecule has 0 rings (SSSR count). The highest BCUT2D eigenvalue weighted by atomic mass is 31.2. The molecule has 0 aliphatic heterocycles. The van der Waals surface area contributed by atoms with Crippen molar-refractivity contribution in [1.29, 1.82) is 0 Å². The second-order valence-corrected chi connectivity index (χ2v) is 32.7. The molecule has 0 aliphatic carbocycles. The monoisotopic (exact) mass is 1450 g/mol. The average Bonchev–Trinajstić information content (AvgIpc) is 0.971. The van der Waals surface area contributed by atoms with Crippen molar-refractivity contribution < 1.29 is 80.2 Å². The van der Waals surface area contributed by atoms with E-state index >= 15 is 0 Å². The second-order valence-electron chi connectivity index (χ2n) is 29.8. The highest BCUT2D eigenvalue weighted by Crippen LogP contribution is 2.45. The van der Waals surface area contributed by atoms with Crippen molar-refractivity contribution in [2.75, 3.05) is 39.6 Å². The Hall–Kier alpha value is -1.94. The molecule has 0 saturated heterocycles. The summed E-state index contributed by atoms with van der Waals surface area (Å²) in [5.41, 5.74) is 0. The molecule has 0 aliphatic rings. The van der Waals surface area contributed by atoms with Crippen molar-refractivity contribution in [2.45, 2.75) is 439 Å². The second kappa shape index (κ2) is 71.7. The lowest BCUT2D eigenvalue weighted by molar-refractivity contribution is -0.161. The van der Waals surface area contributed by atoms with Crippen LogP contribution in [-0.4, -0.2) is 96.7 Å². The van der Waals surface area contributed by atoms with E-state index in [9.17, 15) is 43.2 Å². The fourth-order valence-corrected chi connectivity index (χ4v) is 13.9. The van der Waals surface area contributed by atoms with Crippen LogP contribution in [0.25, 0.3) is 0 Å². The number of rotatable bonds is 79. The van der Waals surface area contributed by atoms with E-state index in [2.05, 4.69) is 41.5 Å². The van der Waals surface area contributed by atoms with Gasteiger partial charge in [-0.05, 0) is 37.5 Å². The van der Waals surface area contributed by atoms with Gasteiger partial charge in [0.15, 0.2) is 12.2 Å². The fraction of sp³-hybridized carbons (Fsp3) is 0.950. The molecule has 5 atom stereocenters. The number of carbonyl (C=O) groups is 4. The predicted octanol–water partition coefficient (Wildman–Crippen LogP) is 23.9. The van der Waals surface area contributed by atoms with E-state index in [1.165, 1.54) is 238 Å². The molecule has 3 N–H and O–H groups in total. The van der Waals surface area contributed by atoms with Crippen LogP contribution in [0.4, 0.5) is 0 Å². The van der Waals surface area contributed by atoms with Crippen molar-refractivity contribution in [2.24, 2.45) is 11.8 Å². The van der Waals surface area contributed by atoms with Crippen LogP contribution in [0.5, 0.6) is 0 Å². The Kier molecular flexibility index (Phi) is 70.3. The first-order chi connectivity index (χ1) is 47.9. The number of aliphatic hydroxyl groups is 1. The maximum atomic E-state index is 13.1. The van der Waals surface area contributed by atoms with Crippen molar-refractivity contribution in [3.05, 3.63) is 0 Å². The number of phosphoric acid groups is 2. The van der Waals surface area contributed by atoms with Gasteiger partial charge < -0.3 is 33.8 Å². The third-order valence-electron chi connectivity index (χ3n) is 18.7. The smallest absolute Gasteiger partial charge is 0.462 e. The molecule has 0 heterocycles. The van der Waals surface area contributed by atoms with Crippen molar-refractivity contribution in [1.82, 2.24) is 0 Å². The molecule has 0 amide bonds. The Morgan fingerprint density at radius 3 is 0.687 bits per heavy atom. The van der Waals surface area contributed by atoms with Crippen molar-refractivity contribution in [3.8, 4) is 0 Å². The molecule has 588 valence electrons. The Bertz CT molecular complexity index is 1910. The van der Waals surface area contributed by atoms with Crippen LogP contribution in [0, 0.1) is 11.8 Å². The van der Waals surface area contributed by atoms with E-state index in [-0.39, 0.29) is 25.7 Å². The van der Waals surface area contributed by atoms with Gasteiger partial charge in [0.05, 0.1) is 26.4 Å². The maximum Gasteiger partial charge on any atom is 0.472 e. The summed E-state index contributed by atoms with van der Waals surface area (Å²) >= 11 is 0. The zero-order valence-electron chi connectivity index (χ0n) is 64.8. The summed E-state index contributed by atoms with van der Waals surface area (Å²) in [6, 6.07) is 0. The van der Waals surface area contributed by atoms with Crippen LogP contribution in [0.2, 0.25) is 0 Å². The van der Waals surface area contributed by atoms with Gasteiger partial charge in [0.1, 0.15) is 19.3 Å². The summed E-state index contributed by atoms with van der Waals surface area (Å²) in [5.74, 6) is -0.563. The minimum absolute atomic E-state index is 0.107. The molecule has 19 heteroatoms. The van der Waals surface area contributed by atoms with Gasteiger partial charge in [-0.2, -0.15) is 0 Å². The van der Waals surface area contributed by atoms with Crippen LogP contribution in [0.3, 0.4) is 0 Å². The van der Waals surface area contributed by atoms with Gasteiger partial charge in [-0.25, -0.2) is 9.13 Å². The van der Waals surface area contributed by atoms with Gasteiger partial charge in [-0.15, -0.1) is 0 Å². The standard InChI is InChI=1S/C80H156O17P2/c1-7-9-11-13-15-17-19-20-21-22-23-24-25-26-27-34-40-46-52-58-64-79(84)96-76(69-91-78(83)63-57-51-45-39-33-29-28-31-36-42-48-54-60-72(3)4)71-95-99(88,89)93-67-74(81)66-92-98(86,87)94-70-75(68-90-77(82)62-56-50-44-38-18-16-14-12-10-8-2)97-80(85)65-59-53-47-41-35-30-32-37-43-49-55-61-73(5)6/h72-76,81H,7-71H2,1-6H3,(H,86,87)(H,88,89)/t74-,75+,76+/m0/s1. The minimum atomic E-state index is -4.96. The van der Waals surface area contributed by atoms with Gasteiger partial charge in [0, 0.05) is 25.7 Å². The zero-order valence-corrected chi connectivity index (χ0v) is 66.6. The third-order valence-corrected chi connectivity index (χ3v) is 20.6. The quantitative estimate of drug-likeness (QED) is 0.0222.